The Balaban J connectivity index is 2.89. The predicted octanol–water partition coefficient (Wildman–Crippen LogP) is 0.654. The minimum atomic E-state index is -4.36. The largest absolute Gasteiger partial charge is 0.328 e. The first kappa shape index (κ1) is 11.0. The van der Waals surface area contributed by atoms with E-state index in [1.165, 1.54) is 17.1 Å². The van der Waals surface area contributed by atoms with E-state index < -0.39 is 15.3 Å². The van der Waals surface area contributed by atoms with E-state index in [0.717, 1.165) is 0 Å². The van der Waals surface area contributed by atoms with Gasteiger partial charge in [0.2, 0.25) is 0 Å². The van der Waals surface area contributed by atoms with Gasteiger partial charge in [-0.2, -0.15) is 8.42 Å². The van der Waals surface area contributed by atoms with Crippen LogP contribution in [0.5, 0.6) is 0 Å². The second kappa shape index (κ2) is 3.49. The van der Waals surface area contributed by atoms with E-state index in [0.29, 0.717) is 11.2 Å². The molecule has 2 heterocycles. The monoisotopic (exact) mass is 242 g/mol. The fourth-order valence-corrected chi connectivity index (χ4v) is 2.23. The molecule has 0 unspecified atom stereocenters. The summed E-state index contributed by atoms with van der Waals surface area (Å²) in [6.45, 7) is 3.55. The third-order valence-corrected chi connectivity index (χ3v) is 2.82. The molecule has 7 nitrogen and oxygen atoms in total. The lowest BCUT2D eigenvalue weighted by molar-refractivity contribution is 0.453. The molecule has 86 valence electrons. The van der Waals surface area contributed by atoms with Crippen molar-refractivity contribution in [1.82, 2.24) is 19.5 Å². The zero-order chi connectivity index (χ0) is 11.9. The average Bonchev–Trinajstić information content (AvgIpc) is 2.55. The smallest absolute Gasteiger partial charge is 0.295 e. The molecule has 0 radical (unpaired) electrons. The van der Waals surface area contributed by atoms with Crippen molar-refractivity contribution in [1.29, 1.82) is 0 Å². The summed E-state index contributed by atoms with van der Waals surface area (Å²) in [6, 6.07) is -0.183. The van der Waals surface area contributed by atoms with Gasteiger partial charge in [-0.3, -0.25) is 9.12 Å². The van der Waals surface area contributed by atoms with Crippen LogP contribution in [0.1, 0.15) is 19.9 Å². The van der Waals surface area contributed by atoms with Crippen molar-refractivity contribution in [3.8, 4) is 0 Å². The van der Waals surface area contributed by atoms with E-state index >= 15 is 0 Å². The third-order valence-electron chi connectivity index (χ3n) is 2.07. The summed E-state index contributed by atoms with van der Waals surface area (Å²) in [5, 5.41) is -0.405. The van der Waals surface area contributed by atoms with E-state index in [4.69, 9.17) is 4.55 Å². The van der Waals surface area contributed by atoms with Crippen LogP contribution < -0.4 is 0 Å². The van der Waals surface area contributed by atoms with Crippen LogP contribution in [0.4, 0.5) is 0 Å². The summed E-state index contributed by atoms with van der Waals surface area (Å²) in [5.41, 5.74) is 0.724. The van der Waals surface area contributed by atoms with Crippen LogP contribution in [0, 0.1) is 0 Å². The lowest BCUT2D eigenvalue weighted by Crippen LogP contribution is -2.12. The van der Waals surface area contributed by atoms with Gasteiger partial charge in [-0.25, -0.2) is 15.0 Å². The summed E-state index contributed by atoms with van der Waals surface area (Å²) in [5.74, 6) is 0. The molecule has 16 heavy (non-hydrogen) atoms. The van der Waals surface area contributed by atoms with Crippen molar-refractivity contribution >= 4 is 21.3 Å². The van der Waals surface area contributed by atoms with Gasteiger partial charge in [-0.15, -0.1) is 0 Å². The Morgan fingerprint density at radius 3 is 2.69 bits per heavy atom. The van der Waals surface area contributed by atoms with Crippen LogP contribution in [0.15, 0.2) is 17.7 Å². The molecule has 0 fully saturated rings. The minimum absolute atomic E-state index is 0.183. The summed E-state index contributed by atoms with van der Waals surface area (Å²) in [4.78, 5) is 11.5. The molecule has 0 amide bonds. The van der Waals surface area contributed by atoms with Crippen molar-refractivity contribution in [3.63, 3.8) is 0 Å². The molecule has 0 aromatic carbocycles. The van der Waals surface area contributed by atoms with Gasteiger partial charge < -0.3 is 0 Å². The zero-order valence-electron chi connectivity index (χ0n) is 8.69. The Hall–Kier alpha value is -1.54. The van der Waals surface area contributed by atoms with Crippen molar-refractivity contribution in [2.24, 2.45) is 0 Å². The predicted molar refractivity (Wildman–Crippen MR) is 55.5 cm³/mol. The first-order valence-corrected chi connectivity index (χ1v) is 6.00. The highest BCUT2D eigenvalue weighted by Crippen LogP contribution is 2.21. The topological polar surface area (TPSA) is 98.0 Å². The van der Waals surface area contributed by atoms with Crippen LogP contribution in [0.25, 0.3) is 11.2 Å². The lowest BCUT2D eigenvalue weighted by atomic mass is 10.4. The zero-order valence-corrected chi connectivity index (χ0v) is 9.51. The molecule has 0 aliphatic carbocycles. The Morgan fingerprint density at radius 2 is 2.12 bits per heavy atom. The Bertz CT molecular complexity index is 632. The summed E-state index contributed by atoms with van der Waals surface area (Å²) >= 11 is 0. The van der Waals surface area contributed by atoms with Gasteiger partial charge in [0.05, 0.1) is 6.20 Å². The van der Waals surface area contributed by atoms with E-state index in [1.54, 1.807) is 13.8 Å². The molecule has 0 saturated carbocycles. The van der Waals surface area contributed by atoms with Crippen molar-refractivity contribution < 1.29 is 13.0 Å². The van der Waals surface area contributed by atoms with Gasteiger partial charge in [-0.05, 0) is 13.8 Å². The fourth-order valence-electron chi connectivity index (χ4n) is 1.48. The molecule has 0 aliphatic heterocycles. The van der Waals surface area contributed by atoms with Gasteiger partial charge >= 0.3 is 10.1 Å². The summed E-state index contributed by atoms with van der Waals surface area (Å²) in [6.07, 6.45) is 2.70. The van der Waals surface area contributed by atoms with Gasteiger partial charge in [0.15, 0.2) is 5.65 Å². The normalized spacial score (nSPS) is 12.5. The third kappa shape index (κ3) is 1.65. The van der Waals surface area contributed by atoms with Gasteiger partial charge in [0.1, 0.15) is 11.8 Å². The average molecular weight is 242 g/mol. The highest BCUT2D eigenvalue weighted by atomic mass is 32.2. The van der Waals surface area contributed by atoms with Crippen LogP contribution in [0.3, 0.4) is 0 Å². The van der Waals surface area contributed by atoms with Crippen LogP contribution >= 0.6 is 0 Å². The maximum atomic E-state index is 11.2. The van der Waals surface area contributed by atoms with Crippen LogP contribution in [0.2, 0.25) is 0 Å². The van der Waals surface area contributed by atoms with Crippen molar-refractivity contribution in [3.05, 3.63) is 12.5 Å². The van der Waals surface area contributed by atoms with Crippen molar-refractivity contribution in [2.75, 3.05) is 0 Å². The van der Waals surface area contributed by atoms with E-state index in [2.05, 4.69) is 15.0 Å². The standard InChI is InChI=1S/C8H10N4O3S/c1-5(2)12-7-6(3-9-4-10-7)11-8(12)16(13,14)15/h3-5H,1-2H3,(H,13,14,15). The fraction of sp³-hybridized carbons (Fsp3) is 0.375. The molecule has 8 heteroatoms. The maximum Gasteiger partial charge on any atom is 0.328 e. The quantitative estimate of drug-likeness (QED) is 0.776. The highest BCUT2D eigenvalue weighted by molar-refractivity contribution is 7.85. The molecule has 0 atom stereocenters. The van der Waals surface area contributed by atoms with E-state index in [1.807, 2.05) is 0 Å². The second-order valence-corrected chi connectivity index (χ2v) is 4.88. The van der Waals surface area contributed by atoms with Gasteiger partial charge in [0.25, 0.3) is 5.16 Å². The SMILES string of the molecule is CC(C)n1c(S(=O)(=O)O)nc2cncnc21. The molecule has 2 aromatic rings. The van der Waals surface area contributed by atoms with E-state index in [-0.39, 0.29) is 6.04 Å². The number of nitrogens with zero attached hydrogens (tertiary/aromatic N) is 4. The molecule has 0 saturated heterocycles. The maximum absolute atomic E-state index is 11.2. The van der Waals surface area contributed by atoms with E-state index in [9.17, 15) is 8.42 Å². The first-order valence-electron chi connectivity index (χ1n) is 4.56. The molecule has 0 aliphatic rings. The van der Waals surface area contributed by atoms with Crippen LogP contribution in [-0.2, 0) is 10.1 Å². The number of fused-ring (bicyclic) bond motifs is 1. The summed E-state index contributed by atoms with van der Waals surface area (Å²) < 4.78 is 32.7. The highest BCUT2D eigenvalue weighted by Gasteiger charge is 2.23. The molecule has 2 aromatic heterocycles. The first-order chi connectivity index (χ1) is 7.41. The molecular weight excluding hydrogens is 232 g/mol. The Morgan fingerprint density at radius 1 is 1.44 bits per heavy atom. The molecule has 2 rings (SSSR count). The molecule has 0 bridgehead atoms. The molecular formula is C8H10N4O3S. The molecule has 0 spiro atoms. The Kier molecular flexibility index (Phi) is 2.39. The number of hydrogen-bond acceptors (Lipinski definition) is 5. The number of hydrogen-bond donors (Lipinski definition) is 1. The van der Waals surface area contributed by atoms with Crippen molar-refractivity contribution in [2.45, 2.75) is 25.0 Å². The molecule has 1 N–H and O–H groups in total. The number of imidazole rings is 1. The summed E-state index contributed by atoms with van der Waals surface area (Å²) in [7, 11) is -4.36. The number of rotatable bonds is 2. The minimum Gasteiger partial charge on any atom is -0.295 e. The van der Waals surface area contributed by atoms with Gasteiger partial charge in [0, 0.05) is 6.04 Å². The van der Waals surface area contributed by atoms with Gasteiger partial charge in [-0.1, -0.05) is 0 Å². The van der Waals surface area contributed by atoms with Crippen LogP contribution in [-0.4, -0.2) is 32.5 Å². The Labute approximate surface area is 91.9 Å². The second-order valence-electron chi connectivity index (χ2n) is 3.56. The lowest BCUT2D eigenvalue weighted by Gasteiger charge is -2.09. The number of aromatic nitrogens is 4.